The number of carbonyl (C=O) groups is 1. The van der Waals surface area contributed by atoms with Crippen LogP contribution in [0.25, 0.3) is 0 Å². The van der Waals surface area contributed by atoms with Gasteiger partial charge in [0.25, 0.3) is 0 Å². The fourth-order valence-corrected chi connectivity index (χ4v) is 2.27. The highest BCUT2D eigenvalue weighted by Crippen LogP contribution is 2.24. The average Bonchev–Trinajstić information content (AvgIpc) is 2.17. The summed E-state index contributed by atoms with van der Waals surface area (Å²) in [6.45, 7) is 9.75. The van der Waals surface area contributed by atoms with Gasteiger partial charge in [0.1, 0.15) is 5.60 Å². The minimum atomic E-state index is -0.403. The van der Waals surface area contributed by atoms with Gasteiger partial charge in [-0.15, -0.1) is 11.8 Å². The molecule has 0 bridgehead atoms. The van der Waals surface area contributed by atoms with Crippen LogP contribution in [0.2, 0.25) is 0 Å². The number of hydrogen-bond acceptors (Lipinski definition) is 3. The van der Waals surface area contributed by atoms with E-state index in [-0.39, 0.29) is 5.97 Å². The van der Waals surface area contributed by atoms with E-state index in [1.807, 2.05) is 20.8 Å². The minimum Gasteiger partial charge on any atom is -0.459 e. The Kier molecular flexibility index (Phi) is 4.63. The molecule has 0 aliphatic heterocycles. The van der Waals surface area contributed by atoms with Crippen molar-refractivity contribution >= 4 is 17.7 Å². The second kappa shape index (κ2) is 5.58. The molecule has 0 N–H and O–H groups in total. The number of aryl methyl sites for hydroxylation is 2. The molecule has 1 rings (SSSR count). The maximum absolute atomic E-state index is 11.6. The van der Waals surface area contributed by atoms with Gasteiger partial charge in [-0.25, -0.2) is 0 Å². The molecule has 1 aromatic rings. The Morgan fingerprint density at radius 3 is 2.53 bits per heavy atom. The molecule has 0 saturated carbocycles. The molecule has 0 aliphatic rings. The van der Waals surface area contributed by atoms with Crippen molar-refractivity contribution in [3.8, 4) is 0 Å². The van der Waals surface area contributed by atoms with Crippen LogP contribution in [0.5, 0.6) is 0 Å². The van der Waals surface area contributed by atoms with E-state index in [1.54, 1.807) is 0 Å². The van der Waals surface area contributed by atoms with Crippen LogP contribution in [-0.2, 0) is 9.53 Å². The highest BCUT2D eigenvalue weighted by Gasteiger charge is 2.16. The molecule has 0 atom stereocenters. The zero-order valence-electron chi connectivity index (χ0n) is 11.2. The third-order valence-electron chi connectivity index (χ3n) is 2.11. The van der Waals surface area contributed by atoms with Gasteiger partial charge in [-0.2, -0.15) is 0 Å². The maximum atomic E-state index is 11.6. The number of esters is 1. The van der Waals surface area contributed by atoms with E-state index in [2.05, 4.69) is 32.0 Å². The van der Waals surface area contributed by atoms with Gasteiger partial charge in [-0.05, 0) is 46.2 Å². The standard InChI is InChI=1S/C14H20O2S/c1-10-6-7-11(2)12(8-10)17-9-13(15)16-14(3,4)5/h6-8H,9H2,1-5H3. The molecule has 0 amide bonds. The van der Waals surface area contributed by atoms with Crippen molar-refractivity contribution in [1.82, 2.24) is 0 Å². The average molecular weight is 252 g/mol. The topological polar surface area (TPSA) is 26.3 Å². The van der Waals surface area contributed by atoms with Crippen molar-refractivity contribution < 1.29 is 9.53 Å². The Morgan fingerprint density at radius 2 is 1.94 bits per heavy atom. The highest BCUT2D eigenvalue weighted by atomic mass is 32.2. The number of hydrogen-bond donors (Lipinski definition) is 0. The van der Waals surface area contributed by atoms with E-state index in [4.69, 9.17) is 4.74 Å². The zero-order chi connectivity index (χ0) is 13.1. The molecule has 3 heteroatoms. The summed E-state index contributed by atoms with van der Waals surface area (Å²) in [7, 11) is 0. The fourth-order valence-electron chi connectivity index (χ4n) is 1.37. The molecule has 2 nitrogen and oxygen atoms in total. The SMILES string of the molecule is Cc1ccc(C)c(SCC(=O)OC(C)(C)C)c1. The quantitative estimate of drug-likeness (QED) is 0.605. The number of thioether (sulfide) groups is 1. The molecule has 0 spiro atoms. The van der Waals surface area contributed by atoms with Gasteiger partial charge in [0.15, 0.2) is 0 Å². The van der Waals surface area contributed by atoms with E-state index in [0.717, 1.165) is 4.90 Å². The lowest BCUT2D eigenvalue weighted by molar-refractivity contribution is -0.151. The third kappa shape index (κ3) is 5.26. The Labute approximate surface area is 108 Å². The van der Waals surface area contributed by atoms with E-state index in [9.17, 15) is 4.79 Å². The Hall–Kier alpha value is -0.960. The zero-order valence-corrected chi connectivity index (χ0v) is 12.0. The van der Waals surface area contributed by atoms with Crippen molar-refractivity contribution in [3.63, 3.8) is 0 Å². The summed E-state index contributed by atoms with van der Waals surface area (Å²) in [5, 5.41) is 0. The van der Waals surface area contributed by atoms with E-state index >= 15 is 0 Å². The summed E-state index contributed by atoms with van der Waals surface area (Å²) in [6, 6.07) is 6.25. The first-order valence-corrected chi connectivity index (χ1v) is 6.68. The van der Waals surface area contributed by atoms with Gasteiger partial charge in [-0.3, -0.25) is 4.79 Å². The summed E-state index contributed by atoms with van der Waals surface area (Å²) in [6.07, 6.45) is 0. The van der Waals surface area contributed by atoms with Crippen LogP contribution in [0.4, 0.5) is 0 Å². The third-order valence-corrected chi connectivity index (χ3v) is 3.24. The molecule has 0 heterocycles. The van der Waals surface area contributed by atoms with Crippen LogP contribution in [0.3, 0.4) is 0 Å². The van der Waals surface area contributed by atoms with Crippen molar-refractivity contribution in [2.75, 3.05) is 5.75 Å². The molecule has 94 valence electrons. The van der Waals surface area contributed by atoms with Gasteiger partial charge in [0.05, 0.1) is 5.75 Å². The lowest BCUT2D eigenvalue weighted by atomic mass is 10.2. The van der Waals surface area contributed by atoms with Crippen LogP contribution < -0.4 is 0 Å². The first kappa shape index (κ1) is 14.1. The van der Waals surface area contributed by atoms with Gasteiger partial charge in [0, 0.05) is 4.90 Å². The van der Waals surface area contributed by atoms with E-state index in [0.29, 0.717) is 5.75 Å². The molecule has 0 fully saturated rings. The van der Waals surface area contributed by atoms with E-state index in [1.165, 1.54) is 22.9 Å². The molecule has 1 aromatic carbocycles. The monoisotopic (exact) mass is 252 g/mol. The molecule has 0 radical (unpaired) electrons. The maximum Gasteiger partial charge on any atom is 0.316 e. The van der Waals surface area contributed by atoms with Crippen molar-refractivity contribution in [3.05, 3.63) is 29.3 Å². The minimum absolute atomic E-state index is 0.164. The molecular weight excluding hydrogens is 232 g/mol. The number of carbonyl (C=O) groups excluding carboxylic acids is 1. The Bertz CT molecular complexity index is 405. The summed E-state index contributed by atoms with van der Waals surface area (Å²) < 4.78 is 5.27. The first-order valence-electron chi connectivity index (χ1n) is 5.70. The van der Waals surface area contributed by atoms with Crippen LogP contribution >= 0.6 is 11.8 Å². The fraction of sp³-hybridized carbons (Fsp3) is 0.500. The summed E-state index contributed by atoms with van der Waals surface area (Å²) in [5.74, 6) is 0.199. The number of ether oxygens (including phenoxy) is 1. The predicted octanol–water partition coefficient (Wildman–Crippen LogP) is 3.74. The van der Waals surface area contributed by atoms with Crippen molar-refractivity contribution in [1.29, 1.82) is 0 Å². The Balaban J connectivity index is 2.56. The summed E-state index contributed by atoms with van der Waals surface area (Å²) in [4.78, 5) is 12.7. The number of benzene rings is 1. The van der Waals surface area contributed by atoms with Crippen LogP contribution in [0.15, 0.2) is 23.1 Å². The van der Waals surface area contributed by atoms with Gasteiger partial charge < -0.3 is 4.74 Å². The van der Waals surface area contributed by atoms with Crippen LogP contribution in [-0.4, -0.2) is 17.3 Å². The van der Waals surface area contributed by atoms with Crippen LogP contribution in [0, 0.1) is 13.8 Å². The van der Waals surface area contributed by atoms with Gasteiger partial charge in [-0.1, -0.05) is 17.7 Å². The van der Waals surface area contributed by atoms with Crippen LogP contribution in [0.1, 0.15) is 31.9 Å². The predicted molar refractivity (Wildman–Crippen MR) is 72.5 cm³/mol. The molecule has 0 aliphatic carbocycles. The molecule has 0 aromatic heterocycles. The highest BCUT2D eigenvalue weighted by molar-refractivity contribution is 8.00. The van der Waals surface area contributed by atoms with E-state index < -0.39 is 5.60 Å². The molecule has 0 unspecified atom stereocenters. The molecular formula is C14H20O2S. The first-order chi connectivity index (χ1) is 7.78. The van der Waals surface area contributed by atoms with Crippen molar-refractivity contribution in [2.24, 2.45) is 0 Å². The summed E-state index contributed by atoms with van der Waals surface area (Å²) >= 11 is 1.54. The lowest BCUT2D eigenvalue weighted by Crippen LogP contribution is -2.24. The lowest BCUT2D eigenvalue weighted by Gasteiger charge is -2.19. The second-order valence-electron chi connectivity index (χ2n) is 5.14. The number of rotatable bonds is 3. The normalized spacial score (nSPS) is 11.4. The van der Waals surface area contributed by atoms with Crippen molar-refractivity contribution in [2.45, 2.75) is 45.1 Å². The van der Waals surface area contributed by atoms with Gasteiger partial charge >= 0.3 is 5.97 Å². The van der Waals surface area contributed by atoms with Gasteiger partial charge in [0.2, 0.25) is 0 Å². The Morgan fingerprint density at radius 1 is 1.29 bits per heavy atom. The molecule has 17 heavy (non-hydrogen) atoms. The largest absolute Gasteiger partial charge is 0.459 e. The smallest absolute Gasteiger partial charge is 0.316 e. The summed E-state index contributed by atoms with van der Waals surface area (Å²) in [5.41, 5.74) is 2.01. The second-order valence-corrected chi connectivity index (χ2v) is 6.16. The molecule has 0 saturated heterocycles.